The quantitative estimate of drug-likeness (QED) is 0.728. The number of rotatable bonds is 2. The van der Waals surface area contributed by atoms with E-state index in [0.717, 1.165) is 22.2 Å². The standard InChI is InChI=1S/C17H12N2O2/c20-17-14-6-2-1-5-13(14)16(21-17)19-12-7-8-15-11(10-12)4-3-9-18-15/h1-10,16,19H/t16-/m1/s1. The molecule has 3 aromatic rings. The van der Waals surface area contributed by atoms with Crippen LogP contribution in [0.2, 0.25) is 0 Å². The maximum atomic E-state index is 11.8. The molecule has 0 saturated carbocycles. The monoisotopic (exact) mass is 276 g/mol. The normalized spacial score (nSPS) is 16.6. The molecule has 0 saturated heterocycles. The molecule has 0 aliphatic carbocycles. The number of cyclic esters (lactones) is 1. The summed E-state index contributed by atoms with van der Waals surface area (Å²) in [6.07, 6.45) is 1.33. The van der Waals surface area contributed by atoms with E-state index in [0.29, 0.717) is 5.56 Å². The van der Waals surface area contributed by atoms with Crippen LogP contribution in [0.25, 0.3) is 10.9 Å². The Hall–Kier alpha value is -2.88. The zero-order valence-corrected chi connectivity index (χ0v) is 11.1. The van der Waals surface area contributed by atoms with Gasteiger partial charge in [-0.15, -0.1) is 0 Å². The van der Waals surface area contributed by atoms with Gasteiger partial charge in [-0.1, -0.05) is 24.3 Å². The first-order chi connectivity index (χ1) is 10.3. The Morgan fingerprint density at radius 3 is 2.90 bits per heavy atom. The van der Waals surface area contributed by atoms with E-state index in [1.54, 1.807) is 12.3 Å². The number of carbonyl (C=O) groups excluding carboxylic acids is 1. The highest BCUT2D eigenvalue weighted by Gasteiger charge is 2.30. The van der Waals surface area contributed by atoms with Gasteiger partial charge in [0.25, 0.3) is 0 Å². The first kappa shape index (κ1) is 11.9. The van der Waals surface area contributed by atoms with Crippen molar-refractivity contribution in [3.05, 3.63) is 71.9 Å². The van der Waals surface area contributed by atoms with Crippen molar-refractivity contribution in [3.8, 4) is 0 Å². The van der Waals surface area contributed by atoms with Gasteiger partial charge in [0, 0.05) is 22.8 Å². The van der Waals surface area contributed by atoms with E-state index in [-0.39, 0.29) is 5.97 Å². The van der Waals surface area contributed by atoms with E-state index >= 15 is 0 Å². The van der Waals surface area contributed by atoms with Crippen LogP contribution in [0.1, 0.15) is 22.1 Å². The molecular weight excluding hydrogens is 264 g/mol. The largest absolute Gasteiger partial charge is 0.434 e. The minimum absolute atomic E-state index is 0.287. The predicted molar refractivity (Wildman–Crippen MR) is 80.0 cm³/mol. The van der Waals surface area contributed by atoms with Crippen LogP contribution in [0.5, 0.6) is 0 Å². The van der Waals surface area contributed by atoms with Crippen LogP contribution in [-0.2, 0) is 4.74 Å². The molecule has 4 rings (SSSR count). The summed E-state index contributed by atoms with van der Waals surface area (Å²) in [5, 5.41) is 4.29. The SMILES string of the molecule is O=C1O[C@@H](Nc2ccc3ncccc3c2)c2ccccc21. The Morgan fingerprint density at radius 2 is 1.95 bits per heavy atom. The fraction of sp³-hybridized carbons (Fsp3) is 0.0588. The summed E-state index contributed by atoms with van der Waals surface area (Å²) in [6.45, 7) is 0. The van der Waals surface area contributed by atoms with Gasteiger partial charge in [0.2, 0.25) is 6.23 Å². The van der Waals surface area contributed by atoms with E-state index in [9.17, 15) is 4.79 Å². The molecule has 1 aromatic heterocycles. The maximum Gasteiger partial charge on any atom is 0.340 e. The first-order valence-corrected chi connectivity index (χ1v) is 6.72. The third kappa shape index (κ3) is 2.01. The molecule has 102 valence electrons. The summed E-state index contributed by atoms with van der Waals surface area (Å²) < 4.78 is 5.38. The van der Waals surface area contributed by atoms with Crippen molar-refractivity contribution < 1.29 is 9.53 Å². The summed E-state index contributed by atoms with van der Waals surface area (Å²) in [6, 6.07) is 17.2. The minimum Gasteiger partial charge on any atom is -0.434 e. The maximum absolute atomic E-state index is 11.8. The second-order valence-electron chi connectivity index (χ2n) is 4.93. The Bertz CT molecular complexity index is 845. The third-order valence-electron chi connectivity index (χ3n) is 3.59. The molecular formula is C17H12N2O2. The number of hydrogen-bond acceptors (Lipinski definition) is 4. The van der Waals surface area contributed by atoms with E-state index in [1.165, 1.54) is 0 Å². The third-order valence-corrected chi connectivity index (χ3v) is 3.59. The average molecular weight is 276 g/mol. The van der Waals surface area contributed by atoms with Crippen LogP contribution in [-0.4, -0.2) is 11.0 Å². The second kappa shape index (κ2) is 4.59. The molecule has 1 aliphatic rings. The summed E-state index contributed by atoms with van der Waals surface area (Å²) in [4.78, 5) is 16.1. The number of nitrogens with one attached hydrogen (secondary N) is 1. The molecule has 1 atom stereocenters. The molecule has 0 bridgehead atoms. The van der Waals surface area contributed by atoms with Crippen molar-refractivity contribution in [2.24, 2.45) is 0 Å². The fourth-order valence-corrected chi connectivity index (χ4v) is 2.57. The molecule has 2 heterocycles. The lowest BCUT2D eigenvalue weighted by Gasteiger charge is -2.14. The van der Waals surface area contributed by atoms with Crippen LogP contribution in [0.3, 0.4) is 0 Å². The number of anilines is 1. The highest BCUT2D eigenvalue weighted by atomic mass is 16.6. The van der Waals surface area contributed by atoms with Crippen molar-refractivity contribution in [2.45, 2.75) is 6.23 Å². The number of ether oxygens (including phenoxy) is 1. The van der Waals surface area contributed by atoms with Crippen LogP contribution in [0.15, 0.2) is 60.8 Å². The van der Waals surface area contributed by atoms with Gasteiger partial charge in [0.1, 0.15) is 0 Å². The van der Waals surface area contributed by atoms with Gasteiger partial charge < -0.3 is 10.1 Å². The Balaban J connectivity index is 1.68. The molecule has 1 aliphatic heterocycles. The van der Waals surface area contributed by atoms with Crippen LogP contribution in [0, 0.1) is 0 Å². The highest BCUT2D eigenvalue weighted by molar-refractivity contribution is 5.94. The average Bonchev–Trinajstić information content (AvgIpc) is 2.84. The topological polar surface area (TPSA) is 51.2 Å². The molecule has 4 heteroatoms. The summed E-state index contributed by atoms with van der Waals surface area (Å²) in [5.41, 5.74) is 3.32. The number of nitrogens with zero attached hydrogens (tertiary/aromatic N) is 1. The number of hydrogen-bond donors (Lipinski definition) is 1. The Morgan fingerprint density at radius 1 is 1.05 bits per heavy atom. The molecule has 4 nitrogen and oxygen atoms in total. The number of esters is 1. The van der Waals surface area contributed by atoms with Crippen molar-refractivity contribution in [2.75, 3.05) is 5.32 Å². The molecule has 0 spiro atoms. The zero-order chi connectivity index (χ0) is 14.2. The second-order valence-corrected chi connectivity index (χ2v) is 4.93. The van der Waals surface area contributed by atoms with Gasteiger partial charge >= 0.3 is 5.97 Å². The van der Waals surface area contributed by atoms with Crippen molar-refractivity contribution >= 4 is 22.6 Å². The summed E-state index contributed by atoms with van der Waals surface area (Å²) >= 11 is 0. The first-order valence-electron chi connectivity index (χ1n) is 6.72. The number of fused-ring (bicyclic) bond motifs is 2. The molecule has 0 radical (unpaired) electrons. The zero-order valence-electron chi connectivity index (χ0n) is 11.1. The van der Waals surface area contributed by atoms with Crippen LogP contribution in [0.4, 0.5) is 5.69 Å². The van der Waals surface area contributed by atoms with E-state index in [4.69, 9.17) is 4.74 Å². The Labute approximate surface area is 121 Å². The Kier molecular flexibility index (Phi) is 2.60. The molecule has 1 N–H and O–H groups in total. The fourth-order valence-electron chi connectivity index (χ4n) is 2.57. The van der Waals surface area contributed by atoms with Gasteiger partial charge in [-0.2, -0.15) is 0 Å². The van der Waals surface area contributed by atoms with Crippen LogP contribution >= 0.6 is 0 Å². The lowest BCUT2D eigenvalue weighted by molar-refractivity contribution is 0.0437. The molecule has 0 fully saturated rings. The lowest BCUT2D eigenvalue weighted by Crippen LogP contribution is -2.10. The molecule has 2 aromatic carbocycles. The van der Waals surface area contributed by atoms with Gasteiger partial charge in [0.05, 0.1) is 11.1 Å². The van der Waals surface area contributed by atoms with Crippen molar-refractivity contribution in [3.63, 3.8) is 0 Å². The number of aromatic nitrogens is 1. The molecule has 0 amide bonds. The van der Waals surface area contributed by atoms with E-state index in [1.807, 2.05) is 48.5 Å². The van der Waals surface area contributed by atoms with E-state index < -0.39 is 6.23 Å². The van der Waals surface area contributed by atoms with Crippen molar-refractivity contribution in [1.29, 1.82) is 0 Å². The van der Waals surface area contributed by atoms with Gasteiger partial charge in [-0.3, -0.25) is 4.98 Å². The summed E-state index contributed by atoms with van der Waals surface area (Å²) in [5.74, 6) is -0.287. The lowest BCUT2D eigenvalue weighted by atomic mass is 10.1. The number of pyridine rings is 1. The predicted octanol–water partition coefficient (Wildman–Crippen LogP) is 3.52. The van der Waals surface area contributed by atoms with Crippen molar-refractivity contribution in [1.82, 2.24) is 4.98 Å². The smallest absolute Gasteiger partial charge is 0.340 e. The van der Waals surface area contributed by atoms with Gasteiger partial charge in [-0.25, -0.2) is 4.79 Å². The van der Waals surface area contributed by atoms with Gasteiger partial charge in [-0.05, 0) is 30.3 Å². The highest BCUT2D eigenvalue weighted by Crippen LogP contribution is 2.31. The molecule has 0 unspecified atom stereocenters. The van der Waals surface area contributed by atoms with E-state index in [2.05, 4.69) is 10.3 Å². The van der Waals surface area contributed by atoms with Gasteiger partial charge in [0.15, 0.2) is 0 Å². The minimum atomic E-state index is -0.442. The number of benzene rings is 2. The summed E-state index contributed by atoms with van der Waals surface area (Å²) in [7, 11) is 0. The van der Waals surface area contributed by atoms with Crippen LogP contribution < -0.4 is 5.32 Å². The number of carbonyl (C=O) groups is 1. The molecule has 21 heavy (non-hydrogen) atoms.